The van der Waals surface area contributed by atoms with Crippen molar-refractivity contribution >= 4 is 43.4 Å². The van der Waals surface area contributed by atoms with Crippen molar-refractivity contribution in [3.8, 4) is 11.5 Å². The minimum absolute atomic E-state index is 0.0405. The van der Waals surface area contributed by atoms with Crippen molar-refractivity contribution in [1.82, 2.24) is 9.62 Å². The molecule has 0 spiro atoms. The number of rotatable bonds is 9. The molecule has 10 nitrogen and oxygen atoms in total. The van der Waals surface area contributed by atoms with Crippen LogP contribution < -0.4 is 9.46 Å². The van der Waals surface area contributed by atoms with Gasteiger partial charge >= 0.3 is 6.09 Å². The number of amides is 1. The van der Waals surface area contributed by atoms with Crippen LogP contribution in [0, 0.1) is 10.1 Å². The maximum Gasteiger partial charge on any atom is 0.410 e. The van der Waals surface area contributed by atoms with Gasteiger partial charge in [-0.25, -0.2) is 17.9 Å². The molecule has 1 aliphatic heterocycles. The number of sulfonamides is 1. The normalized spacial score (nSPS) is 17.4. The number of carbonyl (C=O) groups excluding carboxylic acids is 1. The molecule has 2 atom stereocenters. The summed E-state index contributed by atoms with van der Waals surface area (Å²) in [6, 6.07) is 20.8. The first-order chi connectivity index (χ1) is 18.9. The van der Waals surface area contributed by atoms with E-state index in [4.69, 9.17) is 9.47 Å². The van der Waals surface area contributed by atoms with Crippen LogP contribution in [-0.2, 0) is 14.8 Å². The van der Waals surface area contributed by atoms with Gasteiger partial charge in [-0.1, -0.05) is 51.9 Å². The number of nitro benzene ring substituents is 1. The van der Waals surface area contributed by atoms with E-state index < -0.39 is 37.9 Å². The molecule has 0 bridgehead atoms. The van der Waals surface area contributed by atoms with Gasteiger partial charge in [0.2, 0.25) is 10.0 Å². The number of nitro groups is 1. The lowest BCUT2D eigenvalue weighted by Crippen LogP contribution is -2.42. The zero-order valence-corrected chi connectivity index (χ0v) is 24.5. The number of hydrogen-bond donors (Lipinski definition) is 1. The Morgan fingerprint density at radius 3 is 2.25 bits per heavy atom. The highest BCUT2D eigenvalue weighted by molar-refractivity contribution is 8.77. The molecule has 0 aromatic heterocycles. The second-order valence-corrected chi connectivity index (χ2v) is 14.1. The van der Waals surface area contributed by atoms with Gasteiger partial charge in [0.15, 0.2) is 0 Å². The highest BCUT2D eigenvalue weighted by Gasteiger charge is 2.40. The maximum absolute atomic E-state index is 13.3. The van der Waals surface area contributed by atoms with Crippen molar-refractivity contribution in [1.29, 1.82) is 0 Å². The Morgan fingerprint density at radius 2 is 1.60 bits per heavy atom. The van der Waals surface area contributed by atoms with Crippen molar-refractivity contribution in [2.45, 2.75) is 47.5 Å². The quantitative estimate of drug-likeness (QED) is 0.175. The van der Waals surface area contributed by atoms with Gasteiger partial charge in [-0.2, -0.15) is 0 Å². The molecule has 1 fully saturated rings. The first kappa shape index (κ1) is 29.7. The number of carbonyl (C=O) groups is 1. The van der Waals surface area contributed by atoms with Crippen LogP contribution in [0.15, 0.2) is 88.7 Å². The van der Waals surface area contributed by atoms with E-state index in [9.17, 15) is 23.3 Å². The number of nitrogens with zero attached hydrogens (tertiary/aromatic N) is 2. The fourth-order valence-electron chi connectivity index (χ4n) is 3.83. The van der Waals surface area contributed by atoms with Crippen molar-refractivity contribution < 1.29 is 27.6 Å². The average Bonchev–Trinajstić information content (AvgIpc) is 3.29. The third-order valence-electron chi connectivity index (χ3n) is 5.66. The van der Waals surface area contributed by atoms with Crippen molar-refractivity contribution in [3.05, 3.63) is 89.0 Å². The minimum Gasteiger partial charge on any atom is -0.457 e. The summed E-state index contributed by atoms with van der Waals surface area (Å²) >= 11 is 0. The third-order valence-corrected chi connectivity index (χ3v) is 10.1. The van der Waals surface area contributed by atoms with E-state index in [1.807, 2.05) is 18.2 Å². The zero-order valence-electron chi connectivity index (χ0n) is 22.1. The molecule has 3 aromatic rings. The van der Waals surface area contributed by atoms with Gasteiger partial charge in [-0.15, -0.1) is 0 Å². The number of likely N-dealkylation sites (tertiary alicyclic amines) is 1. The summed E-state index contributed by atoms with van der Waals surface area (Å²) in [5.41, 5.74) is -0.766. The molecule has 0 saturated carbocycles. The average molecular weight is 604 g/mol. The van der Waals surface area contributed by atoms with Crippen LogP contribution in [0.4, 0.5) is 10.5 Å². The Kier molecular flexibility index (Phi) is 9.29. The molecule has 40 heavy (non-hydrogen) atoms. The molecule has 1 aliphatic rings. The van der Waals surface area contributed by atoms with Crippen LogP contribution in [0.1, 0.15) is 20.8 Å². The smallest absolute Gasteiger partial charge is 0.410 e. The lowest BCUT2D eigenvalue weighted by Gasteiger charge is -2.24. The van der Waals surface area contributed by atoms with Crippen molar-refractivity contribution in [3.63, 3.8) is 0 Å². The van der Waals surface area contributed by atoms with Crippen LogP contribution in [0.25, 0.3) is 0 Å². The Morgan fingerprint density at radius 1 is 0.975 bits per heavy atom. The fraction of sp³-hybridized carbons (Fsp3) is 0.296. The van der Waals surface area contributed by atoms with Gasteiger partial charge in [-0.3, -0.25) is 10.1 Å². The molecule has 4 rings (SSSR count). The number of benzene rings is 3. The minimum atomic E-state index is -3.97. The van der Waals surface area contributed by atoms with Gasteiger partial charge in [0.1, 0.15) is 17.1 Å². The van der Waals surface area contributed by atoms with Crippen LogP contribution in [0.5, 0.6) is 11.5 Å². The lowest BCUT2D eigenvalue weighted by molar-refractivity contribution is -0.387. The number of ether oxygens (including phenoxy) is 2. The largest absolute Gasteiger partial charge is 0.457 e. The molecule has 1 saturated heterocycles. The molecule has 0 radical (unpaired) electrons. The topological polar surface area (TPSA) is 128 Å². The van der Waals surface area contributed by atoms with Crippen molar-refractivity contribution in [2.24, 2.45) is 0 Å². The van der Waals surface area contributed by atoms with Crippen LogP contribution in [-0.4, -0.2) is 54.3 Å². The molecule has 3 aromatic carbocycles. The fourth-order valence-corrected chi connectivity index (χ4v) is 7.99. The Bertz CT molecular complexity index is 1450. The summed E-state index contributed by atoms with van der Waals surface area (Å²) in [5.74, 6) is 1.11. The van der Waals surface area contributed by atoms with Crippen LogP contribution in [0.2, 0.25) is 0 Å². The molecule has 212 valence electrons. The monoisotopic (exact) mass is 603 g/mol. The molecule has 1 N–H and O–H groups in total. The van der Waals surface area contributed by atoms with E-state index in [1.54, 1.807) is 63.2 Å². The summed E-state index contributed by atoms with van der Waals surface area (Å²) in [7, 11) is -1.53. The molecular formula is C27H29N3O7S3. The number of para-hydroxylation sites is 2. The van der Waals surface area contributed by atoms with Gasteiger partial charge in [-0.05, 0) is 63.2 Å². The summed E-state index contributed by atoms with van der Waals surface area (Å²) in [6.07, 6.45) is -0.557. The molecule has 0 aliphatic carbocycles. The summed E-state index contributed by atoms with van der Waals surface area (Å²) in [6.45, 7) is 5.54. The van der Waals surface area contributed by atoms with Gasteiger partial charge in [0.05, 0.1) is 26.0 Å². The lowest BCUT2D eigenvalue weighted by atomic mass is 10.2. The zero-order chi connectivity index (χ0) is 28.9. The molecule has 0 unspecified atom stereocenters. The van der Waals surface area contributed by atoms with Crippen LogP contribution in [0.3, 0.4) is 0 Å². The van der Waals surface area contributed by atoms with E-state index in [2.05, 4.69) is 4.72 Å². The molecule has 1 heterocycles. The number of nitrogens with one attached hydrogen (secondary N) is 1. The Balaban J connectivity index is 1.50. The molecule has 13 heteroatoms. The second-order valence-electron chi connectivity index (χ2n) is 9.94. The Hall–Kier alpha value is -3.26. The summed E-state index contributed by atoms with van der Waals surface area (Å²) in [5, 5.41) is 11.0. The standard InChI is InChI=1S/C27H29N3O7S3/c1-27(2,3)37-26(31)29-17-22(25(18-29)39-38-24-12-8-7-11-23(24)30(32)33)28-40(34,35)21-15-13-20(14-16-21)36-19-9-5-4-6-10-19/h4-16,22,25,28H,17-18H2,1-3H3/t22-,25-/m0/s1. The van der Waals surface area contributed by atoms with E-state index in [-0.39, 0.29) is 23.7 Å². The van der Waals surface area contributed by atoms with Gasteiger partial charge < -0.3 is 14.4 Å². The SMILES string of the molecule is CC(C)(C)OC(=O)N1C[C@H](NS(=O)(=O)c2ccc(Oc3ccccc3)cc2)[C@@H](SSc2ccccc2[N+](=O)[O-])C1. The van der Waals surface area contributed by atoms with Crippen molar-refractivity contribution in [2.75, 3.05) is 13.1 Å². The predicted octanol–water partition coefficient (Wildman–Crippen LogP) is 6.09. The second kappa shape index (κ2) is 12.5. The maximum atomic E-state index is 13.3. The highest BCUT2D eigenvalue weighted by Crippen LogP contribution is 2.42. The Labute approximate surface area is 241 Å². The first-order valence-corrected chi connectivity index (χ1v) is 16.0. The molecular weight excluding hydrogens is 575 g/mol. The van der Waals surface area contributed by atoms with E-state index >= 15 is 0 Å². The van der Waals surface area contributed by atoms with Crippen LogP contribution >= 0.6 is 21.6 Å². The van der Waals surface area contributed by atoms with E-state index in [1.165, 1.54) is 44.7 Å². The summed E-state index contributed by atoms with van der Waals surface area (Å²) < 4.78 is 40.6. The third kappa shape index (κ3) is 7.90. The van der Waals surface area contributed by atoms with Gasteiger partial charge in [0, 0.05) is 19.2 Å². The number of hydrogen-bond acceptors (Lipinski definition) is 9. The molecule has 1 amide bonds. The predicted molar refractivity (Wildman–Crippen MR) is 155 cm³/mol. The summed E-state index contributed by atoms with van der Waals surface area (Å²) in [4.78, 5) is 25.7. The van der Waals surface area contributed by atoms with E-state index in [0.29, 0.717) is 16.4 Å². The first-order valence-electron chi connectivity index (χ1n) is 12.3. The van der Waals surface area contributed by atoms with E-state index in [0.717, 1.165) is 0 Å². The van der Waals surface area contributed by atoms with Gasteiger partial charge in [0.25, 0.3) is 5.69 Å². The highest BCUT2D eigenvalue weighted by atomic mass is 33.1.